The zero-order chi connectivity index (χ0) is 20.8. The van der Waals surface area contributed by atoms with E-state index in [4.69, 9.17) is 9.15 Å². The fraction of sp³-hybridized carbons (Fsp3) is 0.400. The molecule has 3 rings (SSSR count). The lowest BCUT2D eigenvalue weighted by Crippen LogP contribution is -2.35. The van der Waals surface area contributed by atoms with Gasteiger partial charge >= 0.3 is 5.97 Å². The number of carbonyl (C=O) groups excluding carboxylic acids is 2. The van der Waals surface area contributed by atoms with Crippen molar-refractivity contribution in [2.75, 3.05) is 18.0 Å². The van der Waals surface area contributed by atoms with E-state index in [0.29, 0.717) is 11.4 Å². The second kappa shape index (κ2) is 9.22. The van der Waals surface area contributed by atoms with Gasteiger partial charge in [0, 0.05) is 19.2 Å². The van der Waals surface area contributed by atoms with Gasteiger partial charge in [0.1, 0.15) is 11.4 Å². The molecule has 1 aromatic heterocycles. The van der Waals surface area contributed by atoms with Crippen LogP contribution in [0.2, 0.25) is 0 Å². The number of hydrogen-bond donors (Lipinski definition) is 1. The summed E-state index contributed by atoms with van der Waals surface area (Å²) in [5, 5.41) is 14.1. The molecule has 2 aromatic rings. The van der Waals surface area contributed by atoms with Crippen molar-refractivity contribution < 1.29 is 23.7 Å². The number of nitrogens with one attached hydrogen (secondary N) is 1. The number of rotatable bonds is 7. The van der Waals surface area contributed by atoms with Gasteiger partial charge in [0.05, 0.1) is 23.3 Å². The van der Waals surface area contributed by atoms with Crippen molar-refractivity contribution in [3.8, 4) is 0 Å². The van der Waals surface area contributed by atoms with Gasteiger partial charge in [0.2, 0.25) is 0 Å². The minimum atomic E-state index is -1.06. The summed E-state index contributed by atoms with van der Waals surface area (Å²) in [5.41, 5.74) is 0.384. The molecule has 0 saturated carbocycles. The summed E-state index contributed by atoms with van der Waals surface area (Å²) in [7, 11) is 0. The van der Waals surface area contributed by atoms with Crippen LogP contribution in [-0.4, -0.2) is 36.0 Å². The number of amides is 1. The van der Waals surface area contributed by atoms with Crippen LogP contribution in [0.1, 0.15) is 42.3 Å². The Hall–Kier alpha value is -3.36. The molecule has 0 bridgehead atoms. The smallest absolute Gasteiger partial charge is 0.339 e. The third kappa shape index (κ3) is 5.13. The van der Waals surface area contributed by atoms with Gasteiger partial charge in [-0.25, -0.2) is 4.79 Å². The second-order valence-corrected chi connectivity index (χ2v) is 6.85. The number of esters is 1. The van der Waals surface area contributed by atoms with Gasteiger partial charge < -0.3 is 19.4 Å². The normalized spacial score (nSPS) is 14.9. The molecule has 1 amide bonds. The zero-order valence-corrected chi connectivity index (χ0v) is 16.1. The molecule has 0 spiro atoms. The predicted molar refractivity (Wildman–Crippen MR) is 105 cm³/mol. The Morgan fingerprint density at radius 1 is 1.28 bits per heavy atom. The first-order valence-corrected chi connectivity index (χ1v) is 9.50. The number of carbonyl (C=O) groups is 2. The van der Waals surface area contributed by atoms with E-state index in [1.807, 2.05) is 4.90 Å². The van der Waals surface area contributed by atoms with Crippen molar-refractivity contribution in [2.24, 2.45) is 0 Å². The summed E-state index contributed by atoms with van der Waals surface area (Å²) < 4.78 is 10.3. The maximum absolute atomic E-state index is 12.4. The summed E-state index contributed by atoms with van der Waals surface area (Å²) in [6.45, 7) is 3.10. The van der Waals surface area contributed by atoms with Crippen molar-refractivity contribution in [1.29, 1.82) is 0 Å². The fourth-order valence-electron chi connectivity index (χ4n) is 3.21. The maximum Gasteiger partial charge on any atom is 0.339 e. The molecule has 0 aliphatic carbocycles. The van der Waals surface area contributed by atoms with E-state index in [9.17, 15) is 19.7 Å². The number of furan rings is 1. The number of nitro benzene ring substituents is 1. The van der Waals surface area contributed by atoms with Crippen molar-refractivity contribution in [3.05, 3.63) is 58.0 Å². The van der Waals surface area contributed by atoms with Crippen LogP contribution in [-0.2, 0) is 16.1 Å². The molecule has 154 valence electrons. The highest BCUT2D eigenvalue weighted by Crippen LogP contribution is 2.31. The third-order valence-corrected chi connectivity index (χ3v) is 4.77. The first kappa shape index (κ1) is 20.4. The molecule has 9 nitrogen and oxygen atoms in total. The molecule has 1 aromatic carbocycles. The van der Waals surface area contributed by atoms with E-state index in [1.54, 1.807) is 18.2 Å². The van der Waals surface area contributed by atoms with Crippen LogP contribution >= 0.6 is 0 Å². The maximum atomic E-state index is 12.4. The summed E-state index contributed by atoms with van der Waals surface area (Å²) in [6.07, 6.45) is 3.50. The summed E-state index contributed by atoms with van der Waals surface area (Å²) in [6, 6.07) is 7.68. The van der Waals surface area contributed by atoms with E-state index >= 15 is 0 Å². The summed E-state index contributed by atoms with van der Waals surface area (Å²) >= 11 is 0. The van der Waals surface area contributed by atoms with Crippen LogP contribution < -0.4 is 10.2 Å². The van der Waals surface area contributed by atoms with Crippen LogP contribution in [0.5, 0.6) is 0 Å². The Morgan fingerprint density at radius 2 is 2.03 bits per heavy atom. The molecular formula is C20H23N3O6. The van der Waals surface area contributed by atoms with Crippen LogP contribution in [0.15, 0.2) is 41.0 Å². The standard InChI is InChI=1S/C20H23N3O6/c1-14(19(24)21-13-16-6-5-11-28-16)29-20(25)15-7-8-17(18(12-15)23(26)27)22-9-3-2-4-10-22/h5-8,11-12,14H,2-4,9-10,13H2,1H3,(H,21,24)/t14-/m0/s1. The third-order valence-electron chi connectivity index (χ3n) is 4.77. The summed E-state index contributed by atoms with van der Waals surface area (Å²) in [5.74, 6) is -0.714. The van der Waals surface area contributed by atoms with Crippen LogP contribution in [0.4, 0.5) is 11.4 Å². The number of benzene rings is 1. The van der Waals surface area contributed by atoms with Gasteiger partial charge in [-0.2, -0.15) is 0 Å². The van der Waals surface area contributed by atoms with E-state index < -0.39 is 22.9 Å². The van der Waals surface area contributed by atoms with Gasteiger partial charge in [0.15, 0.2) is 6.10 Å². The van der Waals surface area contributed by atoms with Crippen LogP contribution in [0.25, 0.3) is 0 Å². The molecular weight excluding hydrogens is 378 g/mol. The summed E-state index contributed by atoms with van der Waals surface area (Å²) in [4.78, 5) is 37.5. The largest absolute Gasteiger partial charge is 0.467 e. The van der Waals surface area contributed by atoms with Gasteiger partial charge in [-0.1, -0.05) is 0 Å². The highest BCUT2D eigenvalue weighted by Gasteiger charge is 2.25. The van der Waals surface area contributed by atoms with Gasteiger partial charge in [-0.15, -0.1) is 0 Å². The average molecular weight is 401 g/mol. The molecule has 0 unspecified atom stereocenters. The lowest BCUT2D eigenvalue weighted by Gasteiger charge is -2.28. The van der Waals surface area contributed by atoms with Crippen LogP contribution in [0, 0.1) is 10.1 Å². The topological polar surface area (TPSA) is 115 Å². The van der Waals surface area contributed by atoms with E-state index in [2.05, 4.69) is 5.32 Å². The highest BCUT2D eigenvalue weighted by molar-refractivity contribution is 5.93. The average Bonchev–Trinajstić information content (AvgIpc) is 3.25. The van der Waals surface area contributed by atoms with Crippen molar-refractivity contribution in [2.45, 2.75) is 38.8 Å². The molecule has 9 heteroatoms. The monoisotopic (exact) mass is 401 g/mol. The Bertz CT molecular complexity index is 874. The number of piperidine rings is 1. The predicted octanol–water partition coefficient (Wildman–Crippen LogP) is 3.04. The Balaban J connectivity index is 1.65. The number of nitro groups is 1. The number of anilines is 1. The Morgan fingerprint density at radius 3 is 2.69 bits per heavy atom. The van der Waals surface area contributed by atoms with Crippen molar-refractivity contribution in [1.82, 2.24) is 5.32 Å². The lowest BCUT2D eigenvalue weighted by molar-refractivity contribution is -0.384. The van der Waals surface area contributed by atoms with Crippen LogP contribution in [0.3, 0.4) is 0 Å². The lowest BCUT2D eigenvalue weighted by atomic mass is 10.1. The molecule has 1 atom stereocenters. The minimum Gasteiger partial charge on any atom is -0.467 e. The quantitative estimate of drug-likeness (QED) is 0.431. The molecule has 0 radical (unpaired) electrons. The molecule has 2 heterocycles. The fourth-order valence-corrected chi connectivity index (χ4v) is 3.21. The second-order valence-electron chi connectivity index (χ2n) is 6.85. The molecule has 1 aliphatic heterocycles. The molecule has 1 aliphatic rings. The van der Waals surface area contributed by atoms with E-state index in [0.717, 1.165) is 32.4 Å². The SMILES string of the molecule is C[C@H](OC(=O)c1ccc(N2CCCCC2)c([N+](=O)[O-])c1)C(=O)NCc1ccco1. The number of ether oxygens (including phenoxy) is 1. The zero-order valence-electron chi connectivity index (χ0n) is 16.1. The first-order valence-electron chi connectivity index (χ1n) is 9.50. The van der Waals surface area contributed by atoms with Gasteiger partial charge in [-0.3, -0.25) is 14.9 Å². The van der Waals surface area contributed by atoms with Gasteiger partial charge in [0.25, 0.3) is 11.6 Å². The van der Waals surface area contributed by atoms with Crippen molar-refractivity contribution >= 4 is 23.3 Å². The molecule has 29 heavy (non-hydrogen) atoms. The molecule has 1 N–H and O–H groups in total. The molecule has 1 saturated heterocycles. The highest BCUT2D eigenvalue weighted by atomic mass is 16.6. The molecule has 1 fully saturated rings. The minimum absolute atomic E-state index is 0.0307. The Labute approximate surface area is 167 Å². The number of nitrogens with zero attached hydrogens (tertiary/aromatic N) is 2. The van der Waals surface area contributed by atoms with Crippen molar-refractivity contribution in [3.63, 3.8) is 0 Å². The first-order chi connectivity index (χ1) is 14.0. The Kier molecular flexibility index (Phi) is 6.48. The van der Waals surface area contributed by atoms with Gasteiger partial charge in [-0.05, 0) is 50.5 Å². The van der Waals surface area contributed by atoms with E-state index in [-0.39, 0.29) is 17.8 Å². The van der Waals surface area contributed by atoms with E-state index in [1.165, 1.54) is 25.3 Å². The number of hydrogen-bond acceptors (Lipinski definition) is 7.